The first kappa shape index (κ1) is 14.4. The second-order valence-corrected chi connectivity index (χ2v) is 7.09. The Morgan fingerprint density at radius 2 is 1.16 bits per heavy atom. The van der Waals surface area contributed by atoms with Gasteiger partial charge in [-0.3, -0.25) is 0 Å². The van der Waals surface area contributed by atoms with Gasteiger partial charge in [-0.2, -0.15) is 0 Å². The molecule has 0 N–H and O–H groups in total. The summed E-state index contributed by atoms with van der Waals surface area (Å²) in [5.41, 5.74) is 6.40. The molecular formula is C19H28. The molecule has 0 unspecified atom stereocenters. The number of hydrogen-bond donors (Lipinski definition) is 0. The number of rotatable bonds is 4. The molecule has 0 saturated heterocycles. The fourth-order valence-electron chi connectivity index (χ4n) is 2.98. The highest BCUT2D eigenvalue weighted by Crippen LogP contribution is 2.45. The minimum Gasteiger partial charge on any atom is -0.0769 e. The summed E-state index contributed by atoms with van der Waals surface area (Å²) in [6, 6.07) is 0. The summed E-state index contributed by atoms with van der Waals surface area (Å²) in [5.74, 6) is 1.30. The lowest BCUT2D eigenvalue weighted by Crippen LogP contribution is -2.16. The van der Waals surface area contributed by atoms with Gasteiger partial charge in [0.05, 0.1) is 0 Å². The molecule has 0 aromatic carbocycles. The molecule has 2 aliphatic carbocycles. The van der Waals surface area contributed by atoms with Crippen molar-refractivity contribution >= 4 is 0 Å². The normalized spacial score (nSPS) is 19.8. The molecule has 0 saturated carbocycles. The lowest BCUT2D eigenvalue weighted by molar-refractivity contribution is 0.522. The molecule has 0 aliphatic heterocycles. The Bertz CT molecular complexity index is 432. The fraction of sp³-hybridized carbons (Fsp3) is 0.579. The van der Waals surface area contributed by atoms with Crippen LogP contribution in [0.3, 0.4) is 0 Å². The van der Waals surface area contributed by atoms with E-state index in [0.29, 0.717) is 11.8 Å². The third kappa shape index (κ3) is 2.78. The third-order valence-corrected chi connectivity index (χ3v) is 4.74. The van der Waals surface area contributed by atoms with Crippen LogP contribution in [0.2, 0.25) is 0 Å². The van der Waals surface area contributed by atoms with Gasteiger partial charge in [-0.15, -0.1) is 0 Å². The number of allylic oxidation sites excluding steroid dienone is 8. The van der Waals surface area contributed by atoms with Gasteiger partial charge >= 0.3 is 0 Å². The minimum atomic E-state index is 0.209. The predicted octanol–water partition coefficient (Wildman–Crippen LogP) is 5.84. The van der Waals surface area contributed by atoms with Crippen LogP contribution in [-0.2, 0) is 0 Å². The Balaban J connectivity index is 2.18. The van der Waals surface area contributed by atoms with E-state index in [9.17, 15) is 0 Å². The van der Waals surface area contributed by atoms with E-state index in [0.717, 1.165) is 12.8 Å². The van der Waals surface area contributed by atoms with Crippen molar-refractivity contribution in [2.24, 2.45) is 17.3 Å². The van der Waals surface area contributed by atoms with Gasteiger partial charge in [-0.05, 0) is 35.8 Å². The molecule has 2 rings (SSSR count). The maximum absolute atomic E-state index is 2.44. The first-order valence-corrected chi connectivity index (χ1v) is 7.64. The molecule has 0 aromatic rings. The monoisotopic (exact) mass is 256 g/mol. The van der Waals surface area contributed by atoms with Gasteiger partial charge in [0.1, 0.15) is 0 Å². The standard InChI is InChI=1S/C19H28/c1-13(2)15-7-9-17(11-15)19(5,6)18-10-8-16(12-18)14(3)4/h7-8,11-14H,9-10H2,1-6H3. The quantitative estimate of drug-likeness (QED) is 0.593. The van der Waals surface area contributed by atoms with Crippen molar-refractivity contribution in [3.63, 3.8) is 0 Å². The van der Waals surface area contributed by atoms with E-state index in [2.05, 4.69) is 65.8 Å². The van der Waals surface area contributed by atoms with Crippen LogP contribution in [0.25, 0.3) is 0 Å². The molecule has 0 nitrogen and oxygen atoms in total. The van der Waals surface area contributed by atoms with Gasteiger partial charge in [0, 0.05) is 5.41 Å². The van der Waals surface area contributed by atoms with Crippen molar-refractivity contribution in [3.8, 4) is 0 Å². The van der Waals surface area contributed by atoms with Crippen molar-refractivity contribution in [1.29, 1.82) is 0 Å². The van der Waals surface area contributed by atoms with Gasteiger partial charge in [0.25, 0.3) is 0 Å². The van der Waals surface area contributed by atoms with Crippen LogP contribution in [0.5, 0.6) is 0 Å². The highest BCUT2D eigenvalue weighted by atomic mass is 14.3. The molecule has 0 heteroatoms. The summed E-state index contributed by atoms with van der Waals surface area (Å²) in [4.78, 5) is 0. The Labute approximate surface area is 119 Å². The zero-order valence-corrected chi connectivity index (χ0v) is 13.4. The van der Waals surface area contributed by atoms with Crippen LogP contribution in [0, 0.1) is 17.3 Å². The van der Waals surface area contributed by atoms with E-state index >= 15 is 0 Å². The second-order valence-electron chi connectivity index (χ2n) is 7.09. The molecule has 0 atom stereocenters. The third-order valence-electron chi connectivity index (χ3n) is 4.74. The Morgan fingerprint density at radius 3 is 1.42 bits per heavy atom. The predicted molar refractivity (Wildman–Crippen MR) is 85.0 cm³/mol. The van der Waals surface area contributed by atoms with Gasteiger partial charge in [-0.25, -0.2) is 0 Å². The summed E-state index contributed by atoms with van der Waals surface area (Å²) in [7, 11) is 0. The van der Waals surface area contributed by atoms with Crippen LogP contribution >= 0.6 is 0 Å². The van der Waals surface area contributed by atoms with Crippen molar-refractivity contribution < 1.29 is 0 Å². The van der Waals surface area contributed by atoms with Gasteiger partial charge < -0.3 is 0 Å². The second kappa shape index (κ2) is 5.15. The van der Waals surface area contributed by atoms with Crippen LogP contribution in [0.1, 0.15) is 54.4 Å². The van der Waals surface area contributed by atoms with Crippen LogP contribution in [0.4, 0.5) is 0 Å². The average molecular weight is 256 g/mol. The van der Waals surface area contributed by atoms with Crippen LogP contribution in [0.15, 0.2) is 46.6 Å². The van der Waals surface area contributed by atoms with Crippen LogP contribution in [-0.4, -0.2) is 0 Å². The molecule has 0 bridgehead atoms. The van der Waals surface area contributed by atoms with E-state index in [-0.39, 0.29) is 5.41 Å². The van der Waals surface area contributed by atoms with Gasteiger partial charge in [0.2, 0.25) is 0 Å². The zero-order valence-electron chi connectivity index (χ0n) is 13.4. The average Bonchev–Trinajstić information content (AvgIpc) is 2.99. The molecule has 0 heterocycles. The summed E-state index contributed by atoms with van der Waals surface area (Å²) < 4.78 is 0. The molecule has 0 spiro atoms. The lowest BCUT2D eigenvalue weighted by Gasteiger charge is -2.28. The first-order valence-electron chi connectivity index (χ1n) is 7.64. The van der Waals surface area contributed by atoms with Crippen molar-refractivity contribution in [1.82, 2.24) is 0 Å². The summed E-state index contributed by atoms with van der Waals surface area (Å²) >= 11 is 0. The van der Waals surface area contributed by atoms with Crippen LogP contribution < -0.4 is 0 Å². The molecular weight excluding hydrogens is 228 g/mol. The molecule has 104 valence electrons. The summed E-state index contributed by atoms with van der Waals surface area (Å²) in [5, 5.41) is 0. The van der Waals surface area contributed by atoms with E-state index in [1.807, 2.05) is 0 Å². The first-order chi connectivity index (χ1) is 8.82. The Kier molecular flexibility index (Phi) is 3.90. The van der Waals surface area contributed by atoms with Gasteiger partial charge in [0.15, 0.2) is 0 Å². The van der Waals surface area contributed by atoms with E-state index < -0.39 is 0 Å². The molecule has 19 heavy (non-hydrogen) atoms. The highest BCUT2D eigenvalue weighted by Gasteiger charge is 2.31. The highest BCUT2D eigenvalue weighted by molar-refractivity contribution is 5.45. The SMILES string of the molecule is CC(C)C1=CCC(C(C)(C)C2=CC(C(C)C)=CC2)=C1. The topological polar surface area (TPSA) is 0 Å². The Morgan fingerprint density at radius 1 is 0.789 bits per heavy atom. The maximum Gasteiger partial charge on any atom is 0.00766 e. The number of hydrogen-bond acceptors (Lipinski definition) is 0. The molecule has 0 fully saturated rings. The smallest absolute Gasteiger partial charge is 0.00766 e. The Hall–Kier alpha value is -1.04. The van der Waals surface area contributed by atoms with Crippen molar-refractivity contribution in [2.45, 2.75) is 54.4 Å². The van der Waals surface area contributed by atoms with Gasteiger partial charge in [-0.1, -0.05) is 77.0 Å². The molecule has 2 aliphatic rings. The van der Waals surface area contributed by atoms with E-state index in [1.54, 1.807) is 11.1 Å². The van der Waals surface area contributed by atoms with E-state index in [4.69, 9.17) is 0 Å². The molecule has 0 radical (unpaired) electrons. The summed E-state index contributed by atoms with van der Waals surface area (Å²) in [6.45, 7) is 13.9. The minimum absolute atomic E-state index is 0.209. The lowest BCUT2D eigenvalue weighted by atomic mass is 9.76. The summed E-state index contributed by atoms with van der Waals surface area (Å²) in [6.07, 6.45) is 12.0. The van der Waals surface area contributed by atoms with E-state index in [1.165, 1.54) is 11.1 Å². The molecule has 0 amide bonds. The molecule has 0 aromatic heterocycles. The largest absolute Gasteiger partial charge is 0.0769 e. The zero-order chi connectivity index (χ0) is 14.2. The van der Waals surface area contributed by atoms with Crippen molar-refractivity contribution in [2.75, 3.05) is 0 Å². The van der Waals surface area contributed by atoms with Crippen molar-refractivity contribution in [3.05, 3.63) is 46.6 Å². The maximum atomic E-state index is 2.44. The fourth-order valence-corrected chi connectivity index (χ4v) is 2.98.